The second kappa shape index (κ2) is 1.77. The van der Waals surface area contributed by atoms with Gasteiger partial charge in [0.15, 0.2) is 0 Å². The minimum absolute atomic E-state index is 0.0440. The fourth-order valence-corrected chi connectivity index (χ4v) is 0.957. The van der Waals surface area contributed by atoms with Gasteiger partial charge in [-0.25, -0.2) is 0 Å². The lowest BCUT2D eigenvalue weighted by Gasteiger charge is -1.95. The largest absolute Gasteiger partial charge is 0.462 e. The molecule has 1 aliphatic heterocycles. The second-order valence-electron chi connectivity index (χ2n) is 2.38. The molecule has 0 unspecified atom stereocenters. The van der Waals surface area contributed by atoms with Gasteiger partial charge in [-0.15, -0.1) is 0 Å². The van der Waals surface area contributed by atoms with E-state index >= 15 is 0 Å². The summed E-state index contributed by atoms with van der Waals surface area (Å²) in [6, 6.07) is 0. The average molecular weight is 114 g/mol. The van der Waals surface area contributed by atoms with Crippen LogP contribution in [0.25, 0.3) is 0 Å². The zero-order valence-corrected chi connectivity index (χ0v) is 5.18. The molecule has 0 bridgehead atoms. The Morgan fingerprint density at radius 2 is 2.25 bits per heavy atom. The van der Waals surface area contributed by atoms with E-state index < -0.39 is 0 Å². The summed E-state index contributed by atoms with van der Waals surface area (Å²) in [5, 5.41) is 0. The van der Waals surface area contributed by atoms with Crippen molar-refractivity contribution in [3.05, 3.63) is 0 Å². The van der Waals surface area contributed by atoms with Crippen LogP contribution in [0.4, 0.5) is 0 Å². The van der Waals surface area contributed by atoms with Crippen LogP contribution in [0.1, 0.15) is 20.3 Å². The molecule has 8 heavy (non-hydrogen) atoms. The smallest absolute Gasteiger partial charge is 0.309 e. The number of esters is 1. The maximum Gasteiger partial charge on any atom is 0.309 e. The van der Waals surface area contributed by atoms with E-state index in [2.05, 4.69) is 0 Å². The second-order valence-corrected chi connectivity index (χ2v) is 2.38. The minimum atomic E-state index is -0.0440. The SMILES string of the molecule is C[C@@H]1C[C@H](C)C(=O)O1. The van der Waals surface area contributed by atoms with E-state index in [4.69, 9.17) is 4.74 Å². The molecule has 1 rings (SSSR count). The van der Waals surface area contributed by atoms with Crippen molar-refractivity contribution in [2.24, 2.45) is 5.92 Å². The monoisotopic (exact) mass is 114 g/mol. The van der Waals surface area contributed by atoms with Crippen molar-refractivity contribution in [3.8, 4) is 0 Å². The van der Waals surface area contributed by atoms with Crippen molar-refractivity contribution in [1.29, 1.82) is 0 Å². The maximum absolute atomic E-state index is 10.6. The van der Waals surface area contributed by atoms with Gasteiger partial charge < -0.3 is 4.74 Å². The molecule has 0 aromatic heterocycles. The summed E-state index contributed by atoms with van der Waals surface area (Å²) in [6.45, 7) is 3.81. The Labute approximate surface area is 48.8 Å². The van der Waals surface area contributed by atoms with Gasteiger partial charge >= 0.3 is 5.97 Å². The molecule has 0 aromatic rings. The number of rotatable bonds is 0. The molecule has 2 nitrogen and oxygen atoms in total. The lowest BCUT2D eigenvalue weighted by atomic mass is 10.1. The van der Waals surface area contributed by atoms with Crippen LogP contribution >= 0.6 is 0 Å². The van der Waals surface area contributed by atoms with Gasteiger partial charge in [-0.3, -0.25) is 4.79 Å². The third kappa shape index (κ3) is 0.831. The minimum Gasteiger partial charge on any atom is -0.462 e. The first kappa shape index (κ1) is 5.60. The standard InChI is InChI=1S/C6H10O2/c1-4-3-5(2)8-6(4)7/h4-5H,3H2,1-2H3/t4-,5+/m0/s1. The topological polar surface area (TPSA) is 26.3 Å². The number of carbonyl (C=O) groups excluding carboxylic acids is 1. The molecule has 1 saturated heterocycles. The maximum atomic E-state index is 10.6. The first-order valence-corrected chi connectivity index (χ1v) is 2.90. The molecule has 0 N–H and O–H groups in total. The van der Waals surface area contributed by atoms with E-state index in [1.807, 2.05) is 13.8 Å². The van der Waals surface area contributed by atoms with E-state index in [1.165, 1.54) is 0 Å². The van der Waals surface area contributed by atoms with E-state index in [-0.39, 0.29) is 18.0 Å². The van der Waals surface area contributed by atoms with Crippen LogP contribution in [0.2, 0.25) is 0 Å². The summed E-state index contributed by atoms with van der Waals surface area (Å²) >= 11 is 0. The van der Waals surface area contributed by atoms with E-state index in [0.717, 1.165) is 6.42 Å². The summed E-state index contributed by atoms with van der Waals surface area (Å²) in [5.41, 5.74) is 0. The lowest BCUT2D eigenvalue weighted by Crippen LogP contribution is -2.02. The fraction of sp³-hybridized carbons (Fsp3) is 0.833. The Bertz CT molecular complexity index is 109. The first-order chi connectivity index (χ1) is 3.70. The molecule has 2 heteroatoms. The normalized spacial score (nSPS) is 37.5. The van der Waals surface area contributed by atoms with E-state index in [9.17, 15) is 4.79 Å². The molecule has 1 aliphatic rings. The van der Waals surface area contributed by atoms with Crippen molar-refractivity contribution in [2.45, 2.75) is 26.4 Å². The van der Waals surface area contributed by atoms with E-state index in [0.29, 0.717) is 0 Å². The molecule has 0 amide bonds. The zero-order chi connectivity index (χ0) is 6.15. The van der Waals surface area contributed by atoms with Crippen molar-refractivity contribution in [3.63, 3.8) is 0 Å². The van der Waals surface area contributed by atoms with Gasteiger partial charge in [0, 0.05) is 0 Å². The molecular formula is C6H10O2. The Balaban J connectivity index is 2.51. The zero-order valence-electron chi connectivity index (χ0n) is 5.18. The summed E-state index contributed by atoms with van der Waals surface area (Å²) in [7, 11) is 0. The first-order valence-electron chi connectivity index (χ1n) is 2.90. The van der Waals surface area contributed by atoms with Gasteiger partial charge in [-0.2, -0.15) is 0 Å². The number of carbonyl (C=O) groups is 1. The predicted octanol–water partition coefficient (Wildman–Crippen LogP) is 0.958. The van der Waals surface area contributed by atoms with Crippen molar-refractivity contribution in [1.82, 2.24) is 0 Å². The highest BCUT2D eigenvalue weighted by Gasteiger charge is 2.27. The quantitative estimate of drug-likeness (QED) is 0.438. The number of hydrogen-bond donors (Lipinski definition) is 0. The number of ether oxygens (including phenoxy) is 1. The molecular weight excluding hydrogens is 104 g/mol. The Morgan fingerprint density at radius 3 is 2.38 bits per heavy atom. The molecule has 0 aromatic carbocycles. The van der Waals surface area contributed by atoms with Crippen LogP contribution in [0.3, 0.4) is 0 Å². The van der Waals surface area contributed by atoms with Crippen molar-refractivity contribution in [2.75, 3.05) is 0 Å². The van der Waals surface area contributed by atoms with E-state index in [1.54, 1.807) is 0 Å². The number of hydrogen-bond acceptors (Lipinski definition) is 2. The van der Waals surface area contributed by atoms with Gasteiger partial charge in [0.05, 0.1) is 12.0 Å². The molecule has 1 heterocycles. The van der Waals surface area contributed by atoms with Crippen LogP contribution in [-0.4, -0.2) is 12.1 Å². The molecule has 0 spiro atoms. The van der Waals surface area contributed by atoms with Crippen LogP contribution < -0.4 is 0 Å². The highest BCUT2D eigenvalue weighted by Crippen LogP contribution is 2.18. The summed E-state index contributed by atoms with van der Waals surface area (Å²) in [4.78, 5) is 10.6. The Kier molecular flexibility index (Phi) is 1.24. The van der Waals surface area contributed by atoms with Crippen LogP contribution in [0.5, 0.6) is 0 Å². The predicted molar refractivity (Wildman–Crippen MR) is 29.3 cm³/mol. The third-order valence-electron chi connectivity index (χ3n) is 1.41. The summed E-state index contributed by atoms with van der Waals surface area (Å²) in [5.74, 6) is 0.0856. The van der Waals surface area contributed by atoms with Gasteiger partial charge in [-0.1, -0.05) is 6.92 Å². The van der Waals surface area contributed by atoms with Gasteiger partial charge in [0.25, 0.3) is 0 Å². The van der Waals surface area contributed by atoms with Crippen LogP contribution in [0, 0.1) is 5.92 Å². The van der Waals surface area contributed by atoms with Crippen molar-refractivity contribution < 1.29 is 9.53 Å². The number of cyclic esters (lactones) is 1. The van der Waals surface area contributed by atoms with Gasteiger partial charge in [0.2, 0.25) is 0 Å². The molecule has 1 fully saturated rings. The van der Waals surface area contributed by atoms with Gasteiger partial charge in [-0.05, 0) is 13.3 Å². The molecule has 2 atom stereocenters. The van der Waals surface area contributed by atoms with Crippen molar-refractivity contribution >= 4 is 5.97 Å². The average Bonchev–Trinajstić information content (AvgIpc) is 1.85. The van der Waals surface area contributed by atoms with Crippen LogP contribution in [0.15, 0.2) is 0 Å². The molecule has 0 radical (unpaired) electrons. The Morgan fingerprint density at radius 1 is 1.62 bits per heavy atom. The van der Waals surface area contributed by atoms with Crippen LogP contribution in [-0.2, 0) is 9.53 Å². The summed E-state index contributed by atoms with van der Waals surface area (Å²) < 4.78 is 4.83. The Hall–Kier alpha value is -0.530. The fourth-order valence-electron chi connectivity index (χ4n) is 0.957. The highest BCUT2D eigenvalue weighted by atomic mass is 16.5. The molecule has 0 saturated carbocycles. The lowest BCUT2D eigenvalue weighted by molar-refractivity contribution is -0.143. The van der Waals surface area contributed by atoms with Gasteiger partial charge in [0.1, 0.15) is 0 Å². The summed E-state index contributed by atoms with van der Waals surface area (Å²) in [6.07, 6.45) is 1.04. The molecule has 46 valence electrons. The third-order valence-corrected chi connectivity index (χ3v) is 1.41. The molecule has 0 aliphatic carbocycles. The highest BCUT2D eigenvalue weighted by molar-refractivity contribution is 5.73.